The van der Waals surface area contributed by atoms with Gasteiger partial charge in [-0.05, 0) is 51.2 Å². The van der Waals surface area contributed by atoms with Gasteiger partial charge in [-0.3, -0.25) is 0 Å². The lowest BCUT2D eigenvalue weighted by molar-refractivity contribution is 0.414. The molecule has 0 aliphatic carbocycles. The maximum atomic E-state index is 13.4. The monoisotopic (exact) mass is 370 g/mol. The second-order valence-electron chi connectivity index (χ2n) is 6.95. The molecule has 1 aliphatic rings. The molecule has 0 N–H and O–H groups in total. The summed E-state index contributed by atoms with van der Waals surface area (Å²) in [5.41, 5.74) is 4.32. The van der Waals surface area contributed by atoms with Crippen molar-refractivity contribution < 1.29 is 13.2 Å². The highest BCUT2D eigenvalue weighted by molar-refractivity contribution is 7.90. The Labute approximate surface area is 153 Å². The van der Waals surface area contributed by atoms with E-state index in [2.05, 4.69) is 4.90 Å². The minimum atomic E-state index is -3.63. The van der Waals surface area contributed by atoms with Crippen LogP contribution in [0.25, 0.3) is 22.0 Å². The molecule has 0 saturated heterocycles. The zero-order chi connectivity index (χ0) is 18.6. The Kier molecular flexibility index (Phi) is 3.86. The molecular formula is C20H22N2O3S. The number of hydrogen-bond donors (Lipinski definition) is 0. The van der Waals surface area contributed by atoms with Gasteiger partial charge >= 0.3 is 0 Å². The van der Waals surface area contributed by atoms with Gasteiger partial charge in [-0.2, -0.15) is 0 Å². The Morgan fingerprint density at radius 1 is 1.12 bits per heavy atom. The highest BCUT2D eigenvalue weighted by Gasteiger charge is 2.33. The summed E-state index contributed by atoms with van der Waals surface area (Å²) >= 11 is 0. The van der Waals surface area contributed by atoms with Crippen LogP contribution in [-0.2, 0) is 16.4 Å². The lowest BCUT2D eigenvalue weighted by Gasteiger charge is -2.21. The Morgan fingerprint density at radius 3 is 2.58 bits per heavy atom. The molecule has 1 aliphatic heterocycles. The molecule has 5 nitrogen and oxygen atoms in total. The molecule has 0 radical (unpaired) electrons. The molecule has 0 atom stereocenters. The summed E-state index contributed by atoms with van der Waals surface area (Å²) in [6.45, 7) is 2.77. The summed E-state index contributed by atoms with van der Waals surface area (Å²) in [6.07, 6.45) is 0.807. The van der Waals surface area contributed by atoms with E-state index in [1.54, 1.807) is 19.2 Å². The number of fused-ring (bicyclic) bond motifs is 2. The fourth-order valence-corrected chi connectivity index (χ4v) is 5.62. The zero-order valence-corrected chi connectivity index (χ0v) is 16.2. The van der Waals surface area contributed by atoms with E-state index in [0.29, 0.717) is 16.2 Å². The molecule has 0 fully saturated rings. The first-order chi connectivity index (χ1) is 12.4. The van der Waals surface area contributed by atoms with Gasteiger partial charge in [0.15, 0.2) is 0 Å². The minimum Gasteiger partial charge on any atom is -0.497 e. The molecule has 26 heavy (non-hydrogen) atoms. The number of rotatable bonds is 4. The van der Waals surface area contributed by atoms with E-state index in [4.69, 9.17) is 4.74 Å². The van der Waals surface area contributed by atoms with E-state index in [0.717, 1.165) is 40.7 Å². The predicted octanol–water partition coefficient (Wildman–Crippen LogP) is 3.28. The summed E-state index contributed by atoms with van der Waals surface area (Å²) in [4.78, 5) is 2.44. The van der Waals surface area contributed by atoms with Gasteiger partial charge < -0.3 is 9.64 Å². The highest BCUT2D eigenvalue weighted by Crippen LogP contribution is 2.44. The van der Waals surface area contributed by atoms with Crippen LogP contribution in [0.2, 0.25) is 0 Å². The van der Waals surface area contributed by atoms with Crippen LogP contribution in [-0.4, -0.2) is 45.0 Å². The topological polar surface area (TPSA) is 51.5 Å². The minimum absolute atomic E-state index is 0.330. The maximum Gasteiger partial charge on any atom is 0.269 e. The molecule has 2 heterocycles. The maximum absolute atomic E-state index is 13.4. The van der Waals surface area contributed by atoms with Crippen molar-refractivity contribution in [1.82, 2.24) is 8.87 Å². The van der Waals surface area contributed by atoms with E-state index in [9.17, 15) is 8.42 Å². The number of ether oxygens (including phenoxy) is 1. The quantitative estimate of drug-likeness (QED) is 0.553. The van der Waals surface area contributed by atoms with Gasteiger partial charge in [-0.1, -0.05) is 18.2 Å². The summed E-state index contributed by atoms with van der Waals surface area (Å²) < 4.78 is 33.6. The van der Waals surface area contributed by atoms with Crippen molar-refractivity contribution in [3.63, 3.8) is 0 Å². The summed E-state index contributed by atoms with van der Waals surface area (Å²) in [7, 11) is 2.00. The first-order valence-corrected chi connectivity index (χ1v) is 10.0. The van der Waals surface area contributed by atoms with Gasteiger partial charge in [0.05, 0.1) is 17.5 Å². The number of methoxy groups -OCH3 is 1. The molecule has 6 heteroatoms. The number of hydrogen-bond acceptors (Lipinski definition) is 4. The van der Waals surface area contributed by atoms with Gasteiger partial charge in [0.2, 0.25) is 0 Å². The van der Waals surface area contributed by atoms with Crippen molar-refractivity contribution in [2.45, 2.75) is 18.2 Å². The van der Waals surface area contributed by atoms with Crippen molar-refractivity contribution in [2.75, 3.05) is 27.7 Å². The molecule has 3 aromatic rings. The lowest BCUT2D eigenvalue weighted by Crippen LogP contribution is -2.19. The van der Waals surface area contributed by atoms with Gasteiger partial charge in [-0.25, -0.2) is 12.4 Å². The van der Waals surface area contributed by atoms with E-state index in [1.807, 2.05) is 45.3 Å². The van der Waals surface area contributed by atoms with E-state index < -0.39 is 10.0 Å². The fraction of sp³-hybridized carbons (Fsp3) is 0.300. The van der Waals surface area contributed by atoms with Gasteiger partial charge in [0.1, 0.15) is 5.75 Å². The number of aromatic nitrogens is 1. The van der Waals surface area contributed by atoms with Crippen LogP contribution in [0.15, 0.2) is 41.3 Å². The second kappa shape index (κ2) is 5.86. The summed E-state index contributed by atoms with van der Waals surface area (Å²) in [6, 6.07) is 11.2. The van der Waals surface area contributed by atoms with Crippen LogP contribution in [0.3, 0.4) is 0 Å². The zero-order valence-electron chi connectivity index (χ0n) is 15.4. The molecular weight excluding hydrogens is 348 g/mol. The standard InChI is InChI=1S/C20H22N2O3S/c1-13-15(10-11-21(2)3)16-6-5-7-17-18-12-14(25-4)8-9-19(18)26(23,24)22(13)20(16)17/h5-9,12H,10-11H2,1-4H3. The van der Waals surface area contributed by atoms with Crippen LogP contribution in [0, 0.1) is 6.92 Å². The molecule has 0 saturated carbocycles. The third-order valence-electron chi connectivity index (χ3n) is 5.11. The molecule has 4 rings (SSSR count). The van der Waals surface area contributed by atoms with Gasteiger partial charge in [-0.15, -0.1) is 0 Å². The Hall–Kier alpha value is -2.31. The van der Waals surface area contributed by atoms with Gasteiger partial charge in [0.25, 0.3) is 10.0 Å². The normalized spacial score (nSPS) is 14.7. The summed E-state index contributed by atoms with van der Waals surface area (Å²) in [5.74, 6) is 0.653. The van der Waals surface area contributed by atoms with Crippen LogP contribution in [0.1, 0.15) is 11.3 Å². The molecule has 0 amide bonds. The Balaban J connectivity index is 2.09. The van der Waals surface area contributed by atoms with Crippen molar-refractivity contribution in [3.05, 3.63) is 47.7 Å². The first-order valence-electron chi connectivity index (χ1n) is 8.58. The number of para-hydroxylation sites is 1. The average molecular weight is 370 g/mol. The number of benzene rings is 2. The fourth-order valence-electron chi connectivity index (χ4n) is 3.83. The van der Waals surface area contributed by atoms with E-state index in [-0.39, 0.29) is 0 Å². The number of nitrogens with zero attached hydrogens (tertiary/aromatic N) is 2. The molecule has 2 aromatic carbocycles. The smallest absolute Gasteiger partial charge is 0.269 e. The van der Waals surface area contributed by atoms with Crippen LogP contribution < -0.4 is 4.74 Å². The van der Waals surface area contributed by atoms with Crippen molar-refractivity contribution >= 4 is 20.9 Å². The molecule has 0 bridgehead atoms. The predicted molar refractivity (Wildman–Crippen MR) is 104 cm³/mol. The molecule has 1 aromatic heterocycles. The van der Waals surface area contributed by atoms with E-state index >= 15 is 0 Å². The van der Waals surface area contributed by atoms with Crippen LogP contribution in [0.4, 0.5) is 0 Å². The van der Waals surface area contributed by atoms with Crippen molar-refractivity contribution in [3.8, 4) is 16.9 Å². The van der Waals surface area contributed by atoms with Gasteiger partial charge in [0, 0.05) is 28.8 Å². The van der Waals surface area contributed by atoms with Crippen LogP contribution >= 0.6 is 0 Å². The van der Waals surface area contributed by atoms with Crippen molar-refractivity contribution in [1.29, 1.82) is 0 Å². The molecule has 0 spiro atoms. The SMILES string of the molecule is COc1ccc2c(c1)-c1cccc3c(CCN(C)C)c(C)n(c13)S2(=O)=O. The Bertz CT molecular complexity index is 1130. The Morgan fingerprint density at radius 2 is 1.88 bits per heavy atom. The lowest BCUT2D eigenvalue weighted by atomic mass is 10.00. The first kappa shape index (κ1) is 17.1. The largest absolute Gasteiger partial charge is 0.497 e. The summed E-state index contributed by atoms with van der Waals surface area (Å²) in [5, 5.41) is 1.01. The third-order valence-corrected chi connectivity index (χ3v) is 6.96. The number of likely N-dealkylation sites (N-methyl/N-ethyl adjacent to an activating group) is 1. The van der Waals surface area contributed by atoms with E-state index in [1.165, 1.54) is 3.97 Å². The average Bonchev–Trinajstić information content (AvgIpc) is 2.90. The third kappa shape index (κ3) is 2.29. The van der Waals surface area contributed by atoms with Crippen LogP contribution in [0.5, 0.6) is 5.75 Å². The molecule has 136 valence electrons. The molecule has 0 unspecified atom stereocenters. The highest BCUT2D eigenvalue weighted by atomic mass is 32.2. The van der Waals surface area contributed by atoms with Crippen molar-refractivity contribution in [2.24, 2.45) is 0 Å². The second-order valence-corrected chi connectivity index (χ2v) is 8.71.